The van der Waals surface area contributed by atoms with Crippen LogP contribution in [0.3, 0.4) is 0 Å². The minimum absolute atomic E-state index is 0.0190. The van der Waals surface area contributed by atoms with Crippen molar-refractivity contribution >= 4 is 5.97 Å². The second kappa shape index (κ2) is 6.71. The molecule has 2 rings (SSSR count). The van der Waals surface area contributed by atoms with E-state index in [0.717, 1.165) is 6.07 Å². The number of carboxylic acid groups (broad SMARTS) is 1. The predicted octanol–water partition coefficient (Wildman–Crippen LogP) is 2.75. The Kier molecular flexibility index (Phi) is 5.02. The number of aromatic nitrogens is 2. The van der Waals surface area contributed by atoms with E-state index in [-0.39, 0.29) is 17.9 Å². The van der Waals surface area contributed by atoms with Gasteiger partial charge < -0.3 is 14.9 Å². The van der Waals surface area contributed by atoms with Crippen LogP contribution in [0.1, 0.15) is 23.0 Å². The molecular weight excluding hydrogens is 348 g/mol. The third kappa shape index (κ3) is 3.90. The van der Waals surface area contributed by atoms with Crippen molar-refractivity contribution in [2.75, 3.05) is 0 Å². The number of aromatic carboxylic acids is 1. The number of rotatable bonds is 5. The molecule has 25 heavy (non-hydrogen) atoms. The minimum Gasteiger partial charge on any atom is -0.480 e. The molecule has 0 fully saturated rings. The Hall–Kier alpha value is -2.62. The third-order valence-corrected chi connectivity index (χ3v) is 3.48. The Morgan fingerprint density at radius 1 is 1.36 bits per heavy atom. The summed E-state index contributed by atoms with van der Waals surface area (Å²) < 4.78 is 58.2. The number of nitrogens with zero attached hydrogens (tertiary/aromatic N) is 2. The minimum atomic E-state index is -4.72. The standard InChI is InChI=1S/C15H14F4N2O4/c1-7(15(17,18)19)25-13-5-9(11(16)4-10(13)14(23)24)12-3-8(6-22)21(2)20-12/h3-5,7,22H,6H2,1-2H3,(H,23,24)/t7-/m0/s1. The lowest BCUT2D eigenvalue weighted by atomic mass is 10.1. The zero-order valence-electron chi connectivity index (χ0n) is 13.1. The van der Waals surface area contributed by atoms with Crippen LogP contribution in [-0.2, 0) is 13.7 Å². The number of carboxylic acids is 1. The van der Waals surface area contributed by atoms with Gasteiger partial charge >= 0.3 is 12.1 Å². The fraction of sp³-hybridized carbons (Fsp3) is 0.333. The van der Waals surface area contributed by atoms with Crippen molar-refractivity contribution in [1.82, 2.24) is 9.78 Å². The smallest absolute Gasteiger partial charge is 0.425 e. The van der Waals surface area contributed by atoms with E-state index in [1.165, 1.54) is 17.8 Å². The molecule has 0 amide bonds. The van der Waals surface area contributed by atoms with Crippen molar-refractivity contribution in [2.45, 2.75) is 25.8 Å². The van der Waals surface area contributed by atoms with Gasteiger partial charge in [-0.25, -0.2) is 9.18 Å². The van der Waals surface area contributed by atoms with E-state index < -0.39 is 35.4 Å². The number of carbonyl (C=O) groups is 1. The Morgan fingerprint density at radius 2 is 2.00 bits per heavy atom. The molecule has 0 spiro atoms. The van der Waals surface area contributed by atoms with Gasteiger partial charge in [-0.05, 0) is 25.1 Å². The molecule has 1 heterocycles. The van der Waals surface area contributed by atoms with Crippen LogP contribution in [0.5, 0.6) is 5.75 Å². The summed E-state index contributed by atoms with van der Waals surface area (Å²) in [6.45, 7) is 0.325. The first-order valence-corrected chi connectivity index (χ1v) is 6.99. The van der Waals surface area contributed by atoms with Crippen LogP contribution in [0.15, 0.2) is 18.2 Å². The predicted molar refractivity (Wildman–Crippen MR) is 77.6 cm³/mol. The number of benzene rings is 1. The third-order valence-electron chi connectivity index (χ3n) is 3.48. The number of alkyl halides is 3. The lowest BCUT2D eigenvalue weighted by Gasteiger charge is -2.19. The fourth-order valence-electron chi connectivity index (χ4n) is 2.06. The number of ether oxygens (including phenoxy) is 1. The molecule has 0 radical (unpaired) electrons. The number of hydrogen-bond donors (Lipinski definition) is 2. The van der Waals surface area contributed by atoms with Crippen molar-refractivity contribution in [1.29, 1.82) is 0 Å². The molecule has 10 heteroatoms. The van der Waals surface area contributed by atoms with Gasteiger partial charge in [0.25, 0.3) is 0 Å². The molecule has 0 aliphatic carbocycles. The van der Waals surface area contributed by atoms with Gasteiger partial charge in [-0.3, -0.25) is 4.68 Å². The van der Waals surface area contributed by atoms with Gasteiger partial charge in [-0.2, -0.15) is 18.3 Å². The highest BCUT2D eigenvalue weighted by Crippen LogP contribution is 2.33. The molecule has 0 unspecified atom stereocenters. The van der Waals surface area contributed by atoms with Crippen LogP contribution in [-0.4, -0.2) is 38.2 Å². The van der Waals surface area contributed by atoms with Crippen molar-refractivity contribution in [3.05, 3.63) is 35.3 Å². The molecule has 0 aliphatic heterocycles. The molecule has 0 aliphatic rings. The van der Waals surface area contributed by atoms with Crippen molar-refractivity contribution in [2.24, 2.45) is 7.05 Å². The molecule has 1 aromatic carbocycles. The van der Waals surface area contributed by atoms with Crippen LogP contribution in [0, 0.1) is 5.82 Å². The highest BCUT2D eigenvalue weighted by atomic mass is 19.4. The SMILES string of the molecule is C[C@H](Oc1cc(-c2cc(CO)n(C)n2)c(F)cc1C(=O)O)C(F)(F)F. The fourth-order valence-corrected chi connectivity index (χ4v) is 2.06. The molecule has 136 valence electrons. The second-order valence-corrected chi connectivity index (χ2v) is 5.24. The Bertz CT molecular complexity index is 802. The zero-order valence-corrected chi connectivity index (χ0v) is 13.1. The highest BCUT2D eigenvalue weighted by molar-refractivity contribution is 5.92. The quantitative estimate of drug-likeness (QED) is 0.799. The molecule has 1 atom stereocenters. The van der Waals surface area contributed by atoms with Crippen molar-refractivity contribution in [3.8, 4) is 17.0 Å². The molecule has 0 saturated heterocycles. The maximum absolute atomic E-state index is 14.2. The number of halogens is 4. The molecule has 1 aromatic heterocycles. The normalized spacial score (nSPS) is 12.9. The van der Waals surface area contributed by atoms with Crippen LogP contribution in [0.2, 0.25) is 0 Å². The number of aryl methyl sites for hydroxylation is 1. The summed E-state index contributed by atoms with van der Waals surface area (Å²) in [6.07, 6.45) is -7.01. The lowest BCUT2D eigenvalue weighted by molar-refractivity contribution is -0.189. The van der Waals surface area contributed by atoms with Gasteiger partial charge in [0.2, 0.25) is 0 Å². The summed E-state index contributed by atoms with van der Waals surface area (Å²) in [6, 6.07) is 2.75. The summed E-state index contributed by atoms with van der Waals surface area (Å²) in [5.41, 5.74) is -0.631. The van der Waals surface area contributed by atoms with Gasteiger partial charge in [-0.15, -0.1) is 0 Å². The average Bonchev–Trinajstić information content (AvgIpc) is 2.88. The number of aliphatic hydroxyl groups excluding tert-OH is 1. The van der Waals surface area contributed by atoms with E-state index in [0.29, 0.717) is 18.7 Å². The Morgan fingerprint density at radius 3 is 2.48 bits per heavy atom. The van der Waals surface area contributed by atoms with Crippen molar-refractivity contribution in [3.63, 3.8) is 0 Å². The Balaban J connectivity index is 2.55. The molecule has 0 saturated carbocycles. The summed E-state index contributed by atoms with van der Waals surface area (Å²) >= 11 is 0. The first kappa shape index (κ1) is 18.7. The van der Waals surface area contributed by atoms with Crippen LogP contribution in [0.25, 0.3) is 11.3 Å². The van der Waals surface area contributed by atoms with E-state index in [1.807, 2.05) is 0 Å². The number of hydrogen-bond acceptors (Lipinski definition) is 4. The average molecular weight is 362 g/mol. The first-order valence-electron chi connectivity index (χ1n) is 6.99. The highest BCUT2D eigenvalue weighted by Gasteiger charge is 2.39. The van der Waals surface area contributed by atoms with Gasteiger partial charge in [0.1, 0.15) is 17.1 Å². The number of aliphatic hydroxyl groups is 1. The zero-order chi connectivity index (χ0) is 18.9. The first-order chi connectivity index (χ1) is 11.5. The monoisotopic (exact) mass is 362 g/mol. The molecule has 6 nitrogen and oxygen atoms in total. The Labute approximate surface area is 139 Å². The van der Waals surface area contributed by atoms with Crippen LogP contribution < -0.4 is 4.74 Å². The van der Waals surface area contributed by atoms with E-state index in [1.54, 1.807) is 0 Å². The molecule has 2 aromatic rings. The van der Waals surface area contributed by atoms with Crippen LogP contribution in [0.4, 0.5) is 17.6 Å². The summed E-state index contributed by atoms with van der Waals surface area (Å²) in [7, 11) is 1.49. The lowest BCUT2D eigenvalue weighted by Crippen LogP contribution is -2.31. The second-order valence-electron chi connectivity index (χ2n) is 5.24. The summed E-state index contributed by atoms with van der Waals surface area (Å²) in [5.74, 6) is -3.26. The van der Waals surface area contributed by atoms with E-state index in [2.05, 4.69) is 5.10 Å². The van der Waals surface area contributed by atoms with Gasteiger partial charge in [0.05, 0.1) is 18.0 Å². The summed E-state index contributed by atoms with van der Waals surface area (Å²) in [4.78, 5) is 11.2. The van der Waals surface area contributed by atoms with Gasteiger partial charge in [-0.1, -0.05) is 0 Å². The topological polar surface area (TPSA) is 84.6 Å². The van der Waals surface area contributed by atoms with Crippen LogP contribution >= 0.6 is 0 Å². The molecular formula is C15H14F4N2O4. The van der Waals surface area contributed by atoms with E-state index in [4.69, 9.17) is 14.9 Å². The molecule has 0 bridgehead atoms. The van der Waals surface area contributed by atoms with E-state index >= 15 is 0 Å². The maximum atomic E-state index is 14.2. The van der Waals surface area contributed by atoms with Gasteiger partial charge in [0.15, 0.2) is 6.10 Å². The molecule has 2 N–H and O–H groups in total. The van der Waals surface area contributed by atoms with E-state index in [9.17, 15) is 22.4 Å². The maximum Gasteiger partial charge on any atom is 0.425 e. The largest absolute Gasteiger partial charge is 0.480 e. The summed E-state index contributed by atoms with van der Waals surface area (Å²) in [5, 5.41) is 22.2. The van der Waals surface area contributed by atoms with Gasteiger partial charge in [0, 0.05) is 12.6 Å². The van der Waals surface area contributed by atoms with Crippen molar-refractivity contribution < 1.29 is 37.3 Å².